The van der Waals surface area contributed by atoms with Gasteiger partial charge in [0.05, 0.1) is 23.5 Å². The number of alkyl halides is 3. The zero-order chi connectivity index (χ0) is 32.7. The Balaban J connectivity index is 0.00000148. The Kier molecular flexibility index (Phi) is 9.98. The maximum Gasteiger partial charge on any atom is 0.435 e. The Morgan fingerprint density at radius 1 is 1.31 bits per heavy atom. The summed E-state index contributed by atoms with van der Waals surface area (Å²) in [6.45, 7) is 4.31. The van der Waals surface area contributed by atoms with Crippen LogP contribution in [0.15, 0.2) is 43.0 Å². The Morgan fingerprint density at radius 2 is 2.07 bits per heavy atom. The van der Waals surface area contributed by atoms with Crippen molar-refractivity contribution in [1.29, 1.82) is 5.26 Å². The first-order valence-corrected chi connectivity index (χ1v) is 13.6. The number of hydrogen-bond acceptors (Lipinski definition) is 9. The third-order valence-corrected chi connectivity index (χ3v) is 6.85. The minimum absolute atomic E-state index is 0.0427. The van der Waals surface area contributed by atoms with Gasteiger partial charge >= 0.3 is 6.18 Å². The van der Waals surface area contributed by atoms with Crippen LogP contribution in [0.4, 0.5) is 24.7 Å². The first kappa shape index (κ1) is 32.4. The van der Waals surface area contributed by atoms with E-state index >= 15 is 0 Å². The highest BCUT2D eigenvalue weighted by Gasteiger charge is 2.38. The average molecular weight is 627 g/mol. The van der Waals surface area contributed by atoms with Gasteiger partial charge in [-0.25, -0.2) is 9.97 Å². The molecular weight excluding hydrogens is 597 g/mol. The van der Waals surface area contributed by atoms with Crippen LogP contribution in [0.25, 0.3) is 16.9 Å². The molecular formula is C28H29F3N10O4. The van der Waals surface area contributed by atoms with E-state index in [-0.39, 0.29) is 47.7 Å². The zero-order valence-electron chi connectivity index (χ0n) is 24.1. The molecule has 1 aliphatic rings. The minimum atomic E-state index is -4.74. The highest BCUT2D eigenvalue weighted by molar-refractivity contribution is 5.99. The van der Waals surface area contributed by atoms with Gasteiger partial charge in [-0.15, -0.1) is 0 Å². The summed E-state index contributed by atoms with van der Waals surface area (Å²) in [5.41, 5.74) is 0.593. The van der Waals surface area contributed by atoms with Crippen LogP contribution in [0.3, 0.4) is 0 Å². The van der Waals surface area contributed by atoms with Crippen molar-refractivity contribution in [1.82, 2.24) is 40.1 Å². The van der Waals surface area contributed by atoms with Crippen LogP contribution < -0.4 is 21.3 Å². The standard InChI is InChI=1S/C27H27F3N10O2.CH2O2/c1-15-11-17(3-4-19(15)26(42)35-16(2)25(41)37-18-5-7-32-12-18)36-23-24-34-13-21(40(24)10-8-33-23)20-14-39(9-6-31)38-22(20)27(28,29)30;2-1-3/h3-4,8,10-11,13-14,16,18,32H,5,7,9,12H2,1-2H3,(H,33,36)(H,35,42)(H,37,41);1H,(H,2,3)/t16-,18+;/m1./s1. The van der Waals surface area contributed by atoms with E-state index in [1.807, 2.05) is 0 Å². The summed E-state index contributed by atoms with van der Waals surface area (Å²) in [5, 5.41) is 31.3. The monoisotopic (exact) mass is 626 g/mol. The van der Waals surface area contributed by atoms with E-state index in [1.165, 1.54) is 23.0 Å². The number of amides is 2. The van der Waals surface area contributed by atoms with E-state index in [9.17, 15) is 22.8 Å². The van der Waals surface area contributed by atoms with Gasteiger partial charge in [0, 0.05) is 42.4 Å². The predicted molar refractivity (Wildman–Crippen MR) is 154 cm³/mol. The van der Waals surface area contributed by atoms with E-state index in [2.05, 4.69) is 36.3 Å². The molecule has 0 radical (unpaired) electrons. The topological polar surface area (TPSA) is 191 Å². The molecule has 1 aliphatic heterocycles. The van der Waals surface area contributed by atoms with E-state index in [0.717, 1.165) is 23.8 Å². The third-order valence-electron chi connectivity index (χ3n) is 6.85. The summed E-state index contributed by atoms with van der Waals surface area (Å²) in [5.74, 6) is -0.391. The molecule has 4 heterocycles. The number of aromatic nitrogens is 5. The number of aryl methyl sites for hydroxylation is 1. The second-order valence-electron chi connectivity index (χ2n) is 10.0. The number of carbonyl (C=O) groups excluding carboxylic acids is 2. The maximum absolute atomic E-state index is 13.7. The van der Waals surface area contributed by atoms with E-state index < -0.39 is 23.8 Å². The highest BCUT2D eigenvalue weighted by atomic mass is 19.4. The van der Waals surface area contributed by atoms with Gasteiger partial charge in [-0.3, -0.25) is 23.5 Å². The van der Waals surface area contributed by atoms with Gasteiger partial charge in [0.1, 0.15) is 12.6 Å². The number of nitrogens with one attached hydrogen (secondary N) is 4. The van der Waals surface area contributed by atoms with Crippen LogP contribution in [-0.2, 0) is 22.3 Å². The third kappa shape index (κ3) is 7.54. The molecule has 0 aliphatic carbocycles. The first-order valence-electron chi connectivity index (χ1n) is 13.6. The van der Waals surface area contributed by atoms with E-state index in [1.54, 1.807) is 38.1 Å². The van der Waals surface area contributed by atoms with Crippen LogP contribution in [0, 0.1) is 18.3 Å². The second-order valence-corrected chi connectivity index (χ2v) is 10.0. The smallest absolute Gasteiger partial charge is 0.435 e. The molecule has 3 aromatic heterocycles. The maximum atomic E-state index is 13.7. The van der Waals surface area contributed by atoms with Gasteiger partial charge in [0.15, 0.2) is 17.2 Å². The Labute approximate surface area is 254 Å². The molecule has 2 amide bonds. The molecule has 14 nitrogen and oxygen atoms in total. The van der Waals surface area contributed by atoms with Gasteiger partial charge in [0.25, 0.3) is 12.4 Å². The summed E-state index contributed by atoms with van der Waals surface area (Å²) >= 11 is 0. The number of hydrogen-bond donors (Lipinski definition) is 5. The molecule has 0 bridgehead atoms. The van der Waals surface area contributed by atoms with Crippen molar-refractivity contribution in [3.8, 4) is 17.3 Å². The molecule has 45 heavy (non-hydrogen) atoms. The summed E-state index contributed by atoms with van der Waals surface area (Å²) in [6, 6.07) is 6.07. The van der Waals surface area contributed by atoms with Crippen LogP contribution in [0.2, 0.25) is 0 Å². The van der Waals surface area contributed by atoms with Crippen molar-refractivity contribution >= 4 is 35.4 Å². The summed E-state index contributed by atoms with van der Waals surface area (Å²) < 4.78 is 43.5. The SMILES string of the molecule is Cc1cc(Nc2nccn3c(-c4cn(CC#N)nc4C(F)(F)F)cnc23)ccc1C(=O)N[C@H](C)C(=O)N[C@H]1CCNC1.O=CO. The number of carboxylic acid groups (broad SMARTS) is 1. The molecule has 0 unspecified atom stereocenters. The quantitative estimate of drug-likeness (QED) is 0.182. The van der Waals surface area contributed by atoms with Crippen molar-refractivity contribution in [3.05, 3.63) is 59.8 Å². The molecule has 1 saturated heterocycles. The van der Waals surface area contributed by atoms with Gasteiger partial charge in [-0.2, -0.15) is 23.5 Å². The second kappa shape index (κ2) is 13.9. The van der Waals surface area contributed by atoms with E-state index in [0.29, 0.717) is 23.4 Å². The number of nitriles is 1. The lowest BCUT2D eigenvalue weighted by Crippen LogP contribution is -2.48. The van der Waals surface area contributed by atoms with Crippen molar-refractivity contribution < 1.29 is 32.7 Å². The average Bonchev–Trinajstić information content (AvgIpc) is 3.74. The normalized spacial score (nSPS) is 15.0. The molecule has 17 heteroatoms. The lowest BCUT2D eigenvalue weighted by molar-refractivity contribution is -0.141. The number of imidazole rings is 1. The molecule has 5 rings (SSSR count). The lowest BCUT2D eigenvalue weighted by atomic mass is 10.1. The van der Waals surface area contributed by atoms with Gasteiger partial charge < -0.3 is 26.4 Å². The molecule has 1 fully saturated rings. The van der Waals surface area contributed by atoms with Crippen molar-refractivity contribution in [2.24, 2.45) is 0 Å². The fourth-order valence-electron chi connectivity index (χ4n) is 4.76. The summed E-state index contributed by atoms with van der Waals surface area (Å²) in [6.07, 6.45) is 1.43. The van der Waals surface area contributed by atoms with Crippen molar-refractivity contribution in [2.45, 2.75) is 45.1 Å². The van der Waals surface area contributed by atoms with Gasteiger partial charge in [-0.05, 0) is 50.6 Å². The highest BCUT2D eigenvalue weighted by Crippen LogP contribution is 2.37. The van der Waals surface area contributed by atoms with Crippen LogP contribution in [0.5, 0.6) is 0 Å². The molecule has 5 N–H and O–H groups in total. The number of carbonyl (C=O) groups is 3. The van der Waals surface area contributed by atoms with Crippen molar-refractivity contribution in [3.63, 3.8) is 0 Å². The van der Waals surface area contributed by atoms with Gasteiger partial charge in [0.2, 0.25) is 5.91 Å². The lowest BCUT2D eigenvalue weighted by Gasteiger charge is -2.18. The van der Waals surface area contributed by atoms with Crippen LogP contribution >= 0.6 is 0 Å². The minimum Gasteiger partial charge on any atom is -0.483 e. The summed E-state index contributed by atoms with van der Waals surface area (Å²) in [7, 11) is 0. The molecule has 2 atom stereocenters. The largest absolute Gasteiger partial charge is 0.483 e. The van der Waals surface area contributed by atoms with Crippen LogP contribution in [0.1, 0.15) is 35.0 Å². The molecule has 0 spiro atoms. The number of halogens is 3. The zero-order valence-corrected chi connectivity index (χ0v) is 24.1. The fourth-order valence-corrected chi connectivity index (χ4v) is 4.76. The van der Waals surface area contributed by atoms with Gasteiger partial charge in [-0.1, -0.05) is 0 Å². The van der Waals surface area contributed by atoms with E-state index in [4.69, 9.17) is 15.2 Å². The Morgan fingerprint density at radius 3 is 2.71 bits per heavy atom. The molecule has 236 valence electrons. The fraction of sp³-hybridized carbons (Fsp3) is 0.321. The predicted octanol–water partition coefficient (Wildman–Crippen LogP) is 2.48. The number of rotatable bonds is 8. The molecule has 4 aromatic rings. The molecule has 1 aromatic carbocycles. The van der Waals surface area contributed by atoms with Crippen molar-refractivity contribution in [2.75, 3.05) is 18.4 Å². The number of benzene rings is 1. The molecule has 0 saturated carbocycles. The Hall–Kier alpha value is -5.50. The number of anilines is 2. The van der Waals surface area contributed by atoms with Crippen LogP contribution in [-0.4, -0.2) is 72.7 Å². The summed E-state index contributed by atoms with van der Waals surface area (Å²) in [4.78, 5) is 42.3. The first-order chi connectivity index (χ1) is 21.5. The number of fused-ring (bicyclic) bond motifs is 1. The Bertz CT molecular complexity index is 1740. The number of nitrogens with zero attached hydrogens (tertiary/aromatic N) is 6.